The molecule has 3 rings (SSSR count). The molecule has 2 aromatic heterocycles. The van der Waals surface area contributed by atoms with Crippen LogP contribution in [-0.4, -0.2) is 78.8 Å². The Morgan fingerprint density at radius 1 is 1.15 bits per heavy atom. The number of rotatable bonds is 5. The zero-order valence-electron chi connectivity index (χ0n) is 17.6. The molecule has 0 saturated carbocycles. The lowest BCUT2D eigenvalue weighted by Crippen LogP contribution is -2.49. The maximum atomic E-state index is 12.0. The highest BCUT2D eigenvalue weighted by Crippen LogP contribution is 2.44. The van der Waals surface area contributed by atoms with Gasteiger partial charge in [-0.25, -0.2) is 23.9 Å². The second-order valence-corrected chi connectivity index (χ2v) is 6.51. The van der Waals surface area contributed by atoms with Crippen molar-refractivity contribution in [2.75, 3.05) is 33.7 Å². The van der Waals surface area contributed by atoms with Crippen LogP contribution in [-0.2, 0) is 33.2 Å². The van der Waals surface area contributed by atoms with E-state index >= 15 is 0 Å². The zero-order valence-corrected chi connectivity index (χ0v) is 17.6. The lowest BCUT2D eigenvalue weighted by molar-refractivity contribution is -0.0933. The number of carbonyl (C=O) groups excluding carboxylic acids is 3. The Bertz CT molecular complexity index is 1100. The fourth-order valence-electron chi connectivity index (χ4n) is 3.26. The van der Waals surface area contributed by atoms with Crippen molar-refractivity contribution in [2.45, 2.75) is 23.9 Å². The maximum Gasteiger partial charge on any atom is 0.508 e. The van der Waals surface area contributed by atoms with E-state index in [9.17, 15) is 19.6 Å². The van der Waals surface area contributed by atoms with Crippen LogP contribution in [0.15, 0.2) is 18.5 Å². The first-order valence-electron chi connectivity index (χ1n) is 9.17. The topological polar surface area (TPSA) is 196 Å². The molecule has 0 spiro atoms. The van der Waals surface area contributed by atoms with Gasteiger partial charge >= 0.3 is 18.5 Å². The number of methoxy groups -OCH3 is 3. The number of nitriles is 1. The summed E-state index contributed by atoms with van der Waals surface area (Å²) in [7, 11) is 3.15. The van der Waals surface area contributed by atoms with Crippen LogP contribution in [0.2, 0.25) is 0 Å². The molecule has 0 unspecified atom stereocenters. The number of hydrogen-bond donors (Lipinski definition) is 1. The average Bonchev–Trinajstić information content (AvgIpc) is 3.38. The van der Waals surface area contributed by atoms with Crippen LogP contribution in [0.3, 0.4) is 0 Å². The standard InChI is InChI=1S/C18H19N5O10/c1-27-15(24)30-7-18(6-19)13(32-17(26)29-3)12(31-16(25)28-2)11(33-18)9-4-5-10-14(20)21-8-22-23(9)10/h4-5,8,11-13H,7H2,1-3H3,(H2,20,21,22)/t11-,12-,13-,18+/m0/s1. The number of nitrogens with zero attached hydrogens (tertiary/aromatic N) is 4. The summed E-state index contributed by atoms with van der Waals surface area (Å²) >= 11 is 0. The molecular weight excluding hydrogens is 446 g/mol. The fraction of sp³-hybridized carbons (Fsp3) is 0.444. The van der Waals surface area contributed by atoms with E-state index in [0.29, 0.717) is 5.52 Å². The molecular formula is C18H19N5O10. The molecule has 15 nitrogen and oxygen atoms in total. The first-order valence-corrected chi connectivity index (χ1v) is 9.17. The molecule has 1 aliphatic rings. The second kappa shape index (κ2) is 9.44. The van der Waals surface area contributed by atoms with Gasteiger partial charge in [-0.15, -0.1) is 0 Å². The first kappa shape index (κ1) is 23.3. The van der Waals surface area contributed by atoms with E-state index in [1.165, 1.54) is 16.9 Å². The van der Waals surface area contributed by atoms with Crippen LogP contribution in [0.5, 0.6) is 0 Å². The smallest absolute Gasteiger partial charge is 0.438 e. The predicted molar refractivity (Wildman–Crippen MR) is 102 cm³/mol. The van der Waals surface area contributed by atoms with Gasteiger partial charge in [-0.2, -0.15) is 10.4 Å². The third-order valence-electron chi connectivity index (χ3n) is 4.75. The summed E-state index contributed by atoms with van der Waals surface area (Å²) in [4.78, 5) is 39.4. The first-order chi connectivity index (χ1) is 15.8. The SMILES string of the molecule is COC(=O)OC[C@@]1(C#N)O[C@@H](c2ccc3c(N)ncnn23)[C@H](OC(=O)OC)[C@@H]1OC(=O)OC. The molecule has 2 aromatic rings. The molecule has 0 aliphatic carbocycles. The normalized spacial score (nSPS) is 23.9. The number of hydrogen-bond acceptors (Lipinski definition) is 14. The minimum atomic E-state index is -2.14. The quantitative estimate of drug-likeness (QED) is 0.479. The van der Waals surface area contributed by atoms with Gasteiger partial charge in [0.2, 0.25) is 5.60 Å². The van der Waals surface area contributed by atoms with E-state index in [2.05, 4.69) is 24.3 Å². The molecule has 1 saturated heterocycles. The van der Waals surface area contributed by atoms with E-state index in [1.54, 1.807) is 6.07 Å². The largest absolute Gasteiger partial charge is 0.508 e. The average molecular weight is 465 g/mol. The highest BCUT2D eigenvalue weighted by Gasteiger charge is 2.62. The Morgan fingerprint density at radius 2 is 1.82 bits per heavy atom. The van der Waals surface area contributed by atoms with E-state index < -0.39 is 49.0 Å². The molecule has 1 aliphatic heterocycles. The molecule has 33 heavy (non-hydrogen) atoms. The number of carbonyl (C=O) groups is 3. The Hall–Kier alpha value is -4.32. The number of nitrogen functional groups attached to an aromatic ring is 1. The van der Waals surface area contributed by atoms with Gasteiger partial charge in [-0.1, -0.05) is 0 Å². The Morgan fingerprint density at radius 3 is 2.45 bits per heavy atom. The van der Waals surface area contributed by atoms with Crippen LogP contribution < -0.4 is 5.73 Å². The van der Waals surface area contributed by atoms with E-state index in [1.807, 2.05) is 6.07 Å². The molecule has 176 valence electrons. The van der Waals surface area contributed by atoms with Crippen molar-refractivity contribution in [3.63, 3.8) is 0 Å². The highest BCUT2D eigenvalue weighted by molar-refractivity contribution is 5.66. The van der Waals surface area contributed by atoms with Crippen molar-refractivity contribution in [3.05, 3.63) is 24.2 Å². The van der Waals surface area contributed by atoms with E-state index in [0.717, 1.165) is 21.3 Å². The number of nitrogens with two attached hydrogens (primary N) is 1. The second-order valence-electron chi connectivity index (χ2n) is 6.51. The van der Waals surface area contributed by atoms with Crippen LogP contribution >= 0.6 is 0 Å². The Balaban J connectivity index is 2.12. The van der Waals surface area contributed by atoms with Gasteiger partial charge in [-0.05, 0) is 12.1 Å². The van der Waals surface area contributed by atoms with E-state index in [-0.39, 0.29) is 11.5 Å². The molecule has 2 N–H and O–H groups in total. The molecule has 1 fully saturated rings. The van der Waals surface area contributed by atoms with Gasteiger partial charge in [0.15, 0.2) is 18.0 Å². The number of ether oxygens (including phenoxy) is 7. The van der Waals surface area contributed by atoms with Gasteiger partial charge in [0.05, 0.1) is 27.0 Å². The lowest BCUT2D eigenvalue weighted by Gasteiger charge is -2.27. The summed E-state index contributed by atoms with van der Waals surface area (Å²) in [5.41, 5.74) is 4.36. The summed E-state index contributed by atoms with van der Waals surface area (Å²) in [5, 5.41) is 14.1. The third kappa shape index (κ3) is 4.36. The van der Waals surface area contributed by atoms with Crippen molar-refractivity contribution in [2.24, 2.45) is 0 Å². The van der Waals surface area contributed by atoms with Crippen molar-refractivity contribution in [1.82, 2.24) is 14.6 Å². The van der Waals surface area contributed by atoms with Crippen molar-refractivity contribution in [1.29, 1.82) is 5.26 Å². The molecule has 4 atom stereocenters. The van der Waals surface area contributed by atoms with Gasteiger partial charge in [0.1, 0.15) is 30.6 Å². The number of aromatic nitrogens is 3. The fourth-order valence-corrected chi connectivity index (χ4v) is 3.26. The van der Waals surface area contributed by atoms with Crippen LogP contribution in [0, 0.1) is 11.3 Å². The third-order valence-corrected chi connectivity index (χ3v) is 4.75. The van der Waals surface area contributed by atoms with Crippen LogP contribution in [0.4, 0.5) is 20.2 Å². The summed E-state index contributed by atoms with van der Waals surface area (Å²) in [6, 6.07) is 4.92. The molecule has 0 aromatic carbocycles. The minimum Gasteiger partial charge on any atom is -0.438 e. The van der Waals surface area contributed by atoms with Gasteiger partial charge in [0, 0.05) is 0 Å². The summed E-state index contributed by atoms with van der Waals surface area (Å²) in [5.74, 6) is 0.141. The van der Waals surface area contributed by atoms with E-state index in [4.69, 9.17) is 24.7 Å². The molecule has 3 heterocycles. The molecule has 0 bridgehead atoms. The molecule has 0 amide bonds. The minimum absolute atomic E-state index is 0.141. The van der Waals surface area contributed by atoms with Crippen LogP contribution in [0.1, 0.15) is 11.8 Å². The maximum absolute atomic E-state index is 12.0. The highest BCUT2D eigenvalue weighted by atomic mass is 16.8. The number of anilines is 1. The van der Waals surface area contributed by atoms with Crippen LogP contribution in [0.25, 0.3) is 5.52 Å². The lowest BCUT2D eigenvalue weighted by atomic mass is 9.95. The summed E-state index contributed by atoms with van der Waals surface area (Å²) in [6.07, 6.45) is -6.70. The number of fused-ring (bicyclic) bond motifs is 1. The molecule has 0 radical (unpaired) electrons. The predicted octanol–water partition coefficient (Wildman–Crippen LogP) is 0.731. The Kier molecular flexibility index (Phi) is 6.68. The van der Waals surface area contributed by atoms with Crippen molar-refractivity contribution >= 4 is 29.8 Å². The van der Waals surface area contributed by atoms with Gasteiger partial charge in [-0.3, -0.25) is 0 Å². The monoisotopic (exact) mass is 465 g/mol. The summed E-state index contributed by atoms with van der Waals surface area (Å²) < 4.78 is 36.2. The van der Waals surface area contributed by atoms with Gasteiger partial charge < -0.3 is 38.9 Å². The Labute approximate surface area is 185 Å². The zero-order chi connectivity index (χ0) is 24.2. The molecule has 15 heteroatoms. The van der Waals surface area contributed by atoms with Crippen molar-refractivity contribution in [3.8, 4) is 6.07 Å². The summed E-state index contributed by atoms with van der Waals surface area (Å²) in [6.45, 7) is -0.754. The van der Waals surface area contributed by atoms with Gasteiger partial charge in [0.25, 0.3) is 0 Å². The van der Waals surface area contributed by atoms with Crippen molar-refractivity contribution < 1.29 is 47.5 Å².